The minimum absolute atomic E-state index is 0.536. The lowest BCUT2D eigenvalue weighted by atomic mass is 10.1. The van der Waals surface area contributed by atoms with Crippen molar-refractivity contribution in [1.29, 1.82) is 0 Å². The van der Waals surface area contributed by atoms with Gasteiger partial charge in [0.1, 0.15) is 5.82 Å². The van der Waals surface area contributed by atoms with Gasteiger partial charge in [-0.1, -0.05) is 53.5 Å². The average Bonchev–Trinajstić information content (AvgIpc) is 2.75. The van der Waals surface area contributed by atoms with Crippen molar-refractivity contribution in [3.05, 3.63) is 34.6 Å². The van der Waals surface area contributed by atoms with Gasteiger partial charge in [-0.15, -0.1) is 10.2 Å². The van der Waals surface area contributed by atoms with Crippen LogP contribution < -0.4 is 0 Å². The van der Waals surface area contributed by atoms with Gasteiger partial charge in [-0.25, -0.2) is 0 Å². The zero-order chi connectivity index (χ0) is 14.0. The molecule has 0 radical (unpaired) electrons. The van der Waals surface area contributed by atoms with Crippen LogP contribution in [0.15, 0.2) is 18.2 Å². The molecule has 0 amide bonds. The molecule has 0 unspecified atom stereocenters. The summed E-state index contributed by atoms with van der Waals surface area (Å²) in [6.07, 6.45) is 0. The first-order chi connectivity index (χ1) is 9.02. The lowest BCUT2D eigenvalue weighted by Crippen LogP contribution is -2.09. The number of rotatable bonds is 4. The second-order valence-electron chi connectivity index (χ2n) is 5.04. The Balaban J connectivity index is 2.48. The first kappa shape index (κ1) is 14.5. The van der Waals surface area contributed by atoms with E-state index >= 15 is 0 Å². The van der Waals surface area contributed by atoms with Crippen molar-refractivity contribution in [2.45, 2.75) is 32.6 Å². The third-order valence-electron chi connectivity index (χ3n) is 2.92. The molecule has 0 N–H and O–H groups in total. The molecule has 1 aromatic carbocycles. The Bertz CT molecular complexity index is 578. The topological polar surface area (TPSA) is 30.7 Å². The number of halogens is 2. The summed E-state index contributed by atoms with van der Waals surface area (Å²) in [7, 11) is 0. The van der Waals surface area contributed by atoms with E-state index in [-0.39, 0.29) is 0 Å². The number of nitrogens with zero attached hydrogens (tertiary/aromatic N) is 3. The minimum Gasteiger partial charge on any atom is -0.310 e. The summed E-state index contributed by atoms with van der Waals surface area (Å²) >= 11 is 9.66. The van der Waals surface area contributed by atoms with E-state index < -0.39 is 0 Å². The molecule has 1 aromatic heterocycles. The molecule has 0 saturated heterocycles. The molecule has 102 valence electrons. The smallest absolute Gasteiger partial charge is 0.164 e. The van der Waals surface area contributed by atoms with Crippen LogP contribution in [-0.4, -0.2) is 14.8 Å². The average molecular weight is 343 g/mol. The summed E-state index contributed by atoms with van der Waals surface area (Å²) in [5, 5.41) is 10.0. The molecule has 0 atom stereocenters. The van der Waals surface area contributed by atoms with Crippen molar-refractivity contribution < 1.29 is 0 Å². The maximum Gasteiger partial charge on any atom is 0.164 e. The molecule has 0 bridgehead atoms. The fourth-order valence-electron chi connectivity index (χ4n) is 1.94. The van der Waals surface area contributed by atoms with Crippen molar-refractivity contribution in [2.24, 2.45) is 5.92 Å². The fraction of sp³-hybridized carbons (Fsp3) is 0.429. The summed E-state index contributed by atoms with van der Waals surface area (Å²) in [4.78, 5) is 0. The molecule has 1 heterocycles. The summed E-state index contributed by atoms with van der Waals surface area (Å²) < 4.78 is 2.15. The summed E-state index contributed by atoms with van der Waals surface area (Å²) in [5.41, 5.74) is 2.08. The summed E-state index contributed by atoms with van der Waals surface area (Å²) in [6, 6.07) is 6.01. The van der Waals surface area contributed by atoms with Gasteiger partial charge in [-0.2, -0.15) is 0 Å². The zero-order valence-electron chi connectivity index (χ0n) is 11.3. The van der Waals surface area contributed by atoms with Gasteiger partial charge in [-0.3, -0.25) is 0 Å². The highest BCUT2D eigenvalue weighted by Crippen LogP contribution is 2.25. The molecular formula is C14H17BrClN3. The first-order valence-corrected chi connectivity index (χ1v) is 7.77. The van der Waals surface area contributed by atoms with E-state index in [1.165, 1.54) is 0 Å². The van der Waals surface area contributed by atoms with E-state index in [2.05, 4.69) is 44.5 Å². The molecule has 5 heteroatoms. The van der Waals surface area contributed by atoms with Crippen LogP contribution in [0.2, 0.25) is 5.02 Å². The van der Waals surface area contributed by atoms with Crippen molar-refractivity contribution >= 4 is 27.5 Å². The third-order valence-corrected chi connectivity index (χ3v) is 3.83. The predicted molar refractivity (Wildman–Crippen MR) is 82.7 cm³/mol. The van der Waals surface area contributed by atoms with Gasteiger partial charge in [-0.05, 0) is 24.5 Å². The monoisotopic (exact) mass is 341 g/mol. The van der Waals surface area contributed by atoms with E-state index in [0.717, 1.165) is 34.3 Å². The van der Waals surface area contributed by atoms with Crippen molar-refractivity contribution in [2.75, 3.05) is 0 Å². The first-order valence-electron chi connectivity index (χ1n) is 6.27. The Kier molecular flexibility index (Phi) is 4.63. The molecule has 19 heavy (non-hydrogen) atoms. The van der Waals surface area contributed by atoms with Crippen LogP contribution in [0.3, 0.4) is 0 Å². The van der Waals surface area contributed by atoms with Crippen LogP contribution in [0, 0.1) is 12.8 Å². The predicted octanol–water partition coefficient (Wildman–Crippen LogP) is 4.46. The summed E-state index contributed by atoms with van der Waals surface area (Å²) in [5.74, 6) is 2.36. The lowest BCUT2D eigenvalue weighted by Gasteiger charge is -2.12. The summed E-state index contributed by atoms with van der Waals surface area (Å²) in [6.45, 7) is 7.26. The molecule has 0 fully saturated rings. The number of alkyl halides is 1. The molecular weight excluding hydrogens is 326 g/mol. The number of aryl methyl sites for hydroxylation is 1. The minimum atomic E-state index is 0.536. The van der Waals surface area contributed by atoms with Crippen molar-refractivity contribution in [3.8, 4) is 11.4 Å². The standard InChI is InChI=1S/C14H17BrClN3/c1-9(2)8-19-13(7-15)17-18-14(19)11-5-4-10(3)12(16)6-11/h4-6,9H,7-8H2,1-3H3. The highest BCUT2D eigenvalue weighted by Gasteiger charge is 2.14. The van der Waals surface area contributed by atoms with Gasteiger partial charge in [0.25, 0.3) is 0 Å². The van der Waals surface area contributed by atoms with Gasteiger partial charge in [0.2, 0.25) is 0 Å². The fourth-order valence-corrected chi connectivity index (χ4v) is 2.53. The van der Waals surface area contributed by atoms with Gasteiger partial charge in [0.15, 0.2) is 5.82 Å². The van der Waals surface area contributed by atoms with Crippen LogP contribution in [0.5, 0.6) is 0 Å². The largest absolute Gasteiger partial charge is 0.310 e. The van der Waals surface area contributed by atoms with Gasteiger partial charge < -0.3 is 4.57 Å². The van der Waals surface area contributed by atoms with Crippen LogP contribution in [-0.2, 0) is 11.9 Å². The quantitative estimate of drug-likeness (QED) is 0.768. The van der Waals surface area contributed by atoms with Crippen LogP contribution in [0.25, 0.3) is 11.4 Å². The van der Waals surface area contributed by atoms with E-state index in [0.29, 0.717) is 11.2 Å². The van der Waals surface area contributed by atoms with E-state index in [9.17, 15) is 0 Å². The van der Waals surface area contributed by atoms with Gasteiger partial charge >= 0.3 is 0 Å². The van der Waals surface area contributed by atoms with Gasteiger partial charge in [0.05, 0.1) is 5.33 Å². The van der Waals surface area contributed by atoms with Crippen LogP contribution in [0.1, 0.15) is 25.2 Å². The number of aromatic nitrogens is 3. The molecule has 0 saturated carbocycles. The Morgan fingerprint density at radius 2 is 2.05 bits per heavy atom. The molecule has 0 aliphatic carbocycles. The van der Waals surface area contributed by atoms with Crippen LogP contribution in [0.4, 0.5) is 0 Å². The third kappa shape index (κ3) is 3.18. The highest BCUT2D eigenvalue weighted by molar-refractivity contribution is 9.08. The Hall–Kier alpha value is -0.870. The zero-order valence-corrected chi connectivity index (χ0v) is 13.7. The Morgan fingerprint density at radius 1 is 1.32 bits per heavy atom. The molecule has 2 aromatic rings. The van der Waals surface area contributed by atoms with Crippen molar-refractivity contribution in [1.82, 2.24) is 14.8 Å². The Labute approximate surface area is 127 Å². The molecule has 3 nitrogen and oxygen atoms in total. The van der Waals surface area contributed by atoms with E-state index in [4.69, 9.17) is 11.6 Å². The molecule has 0 aliphatic heterocycles. The van der Waals surface area contributed by atoms with Crippen LogP contribution >= 0.6 is 27.5 Å². The number of hydrogen-bond donors (Lipinski definition) is 0. The second-order valence-corrected chi connectivity index (χ2v) is 6.01. The van der Waals surface area contributed by atoms with E-state index in [1.807, 2.05) is 25.1 Å². The Morgan fingerprint density at radius 3 is 2.63 bits per heavy atom. The molecule has 0 aliphatic rings. The maximum atomic E-state index is 6.20. The molecule has 2 rings (SSSR count). The second kappa shape index (κ2) is 6.06. The molecule has 0 spiro atoms. The van der Waals surface area contributed by atoms with Crippen molar-refractivity contribution in [3.63, 3.8) is 0 Å². The lowest BCUT2D eigenvalue weighted by molar-refractivity contribution is 0.516. The number of benzene rings is 1. The van der Waals surface area contributed by atoms with Gasteiger partial charge in [0, 0.05) is 17.1 Å². The number of hydrogen-bond acceptors (Lipinski definition) is 2. The normalized spacial score (nSPS) is 11.3. The SMILES string of the molecule is Cc1ccc(-c2nnc(CBr)n2CC(C)C)cc1Cl. The maximum absolute atomic E-state index is 6.20. The highest BCUT2D eigenvalue weighted by atomic mass is 79.9. The van der Waals surface area contributed by atoms with E-state index in [1.54, 1.807) is 0 Å².